The Hall–Kier alpha value is -0.370. The fraction of sp³-hybridized carbons (Fsp3) is 0.938. The van der Waals surface area contributed by atoms with Gasteiger partial charge in [0.05, 0.1) is 0 Å². The molecule has 2 fully saturated rings. The minimum atomic E-state index is 0.370. The molecule has 1 aliphatic heterocycles. The number of likely N-dealkylation sites (tertiary alicyclic amines) is 1. The molecule has 0 aromatic carbocycles. The predicted octanol–water partition coefficient (Wildman–Crippen LogP) is 4.04. The summed E-state index contributed by atoms with van der Waals surface area (Å²) >= 11 is 0. The summed E-state index contributed by atoms with van der Waals surface area (Å²) in [6.07, 6.45) is 10.3. The second kappa shape index (κ2) is 8.68. The van der Waals surface area contributed by atoms with Crippen LogP contribution in [0.4, 0.5) is 0 Å². The normalized spacial score (nSPS) is 29.9. The summed E-state index contributed by atoms with van der Waals surface area (Å²) in [6.45, 7) is 8.37. The van der Waals surface area contributed by atoms with Crippen molar-refractivity contribution in [3.8, 4) is 0 Å². The van der Waals surface area contributed by atoms with Crippen LogP contribution in [0.2, 0.25) is 0 Å². The third-order valence-electron chi connectivity index (χ3n) is 4.42. The van der Waals surface area contributed by atoms with Gasteiger partial charge in [-0.2, -0.15) is 0 Å². The molecule has 0 aromatic rings. The van der Waals surface area contributed by atoms with Crippen LogP contribution in [0.1, 0.15) is 72.1 Å². The van der Waals surface area contributed by atoms with Crippen LogP contribution < -0.4 is 0 Å². The summed E-state index contributed by atoms with van der Waals surface area (Å²) in [5.41, 5.74) is 0. The van der Waals surface area contributed by atoms with E-state index in [2.05, 4.69) is 4.90 Å². The van der Waals surface area contributed by atoms with Gasteiger partial charge in [-0.1, -0.05) is 26.7 Å². The number of nitrogens with zero attached hydrogens (tertiary/aromatic N) is 1. The first-order valence-corrected chi connectivity index (χ1v) is 8.02. The highest BCUT2D eigenvalue weighted by atomic mass is 16.1. The zero-order valence-corrected chi connectivity index (χ0v) is 12.6. The van der Waals surface area contributed by atoms with Gasteiger partial charge in [-0.05, 0) is 58.5 Å². The highest BCUT2D eigenvalue weighted by Gasteiger charge is 2.26. The molecular weight excluding hydrogens is 222 g/mol. The van der Waals surface area contributed by atoms with Crippen molar-refractivity contribution in [1.82, 2.24) is 4.90 Å². The van der Waals surface area contributed by atoms with Crippen molar-refractivity contribution >= 4 is 5.78 Å². The van der Waals surface area contributed by atoms with E-state index in [1.807, 2.05) is 13.8 Å². The molecule has 0 bridgehead atoms. The van der Waals surface area contributed by atoms with Crippen LogP contribution in [0.15, 0.2) is 0 Å². The van der Waals surface area contributed by atoms with Gasteiger partial charge in [-0.25, -0.2) is 0 Å². The van der Waals surface area contributed by atoms with Crippen molar-refractivity contribution in [2.24, 2.45) is 5.92 Å². The number of rotatable bonds is 2. The van der Waals surface area contributed by atoms with E-state index in [0.29, 0.717) is 11.7 Å². The Morgan fingerprint density at radius 1 is 0.889 bits per heavy atom. The number of ketones is 1. The smallest absolute Gasteiger partial charge is 0.132 e. The molecule has 1 aliphatic carbocycles. The maximum Gasteiger partial charge on any atom is 0.132 e. The summed E-state index contributed by atoms with van der Waals surface area (Å²) < 4.78 is 0. The fourth-order valence-corrected chi connectivity index (χ4v) is 3.34. The van der Waals surface area contributed by atoms with Crippen molar-refractivity contribution < 1.29 is 4.79 Å². The first kappa shape index (κ1) is 15.7. The molecule has 2 nitrogen and oxygen atoms in total. The van der Waals surface area contributed by atoms with E-state index in [0.717, 1.165) is 18.9 Å². The maximum absolute atomic E-state index is 11.4. The van der Waals surface area contributed by atoms with Gasteiger partial charge in [0.1, 0.15) is 5.78 Å². The highest BCUT2D eigenvalue weighted by molar-refractivity contribution is 5.78. The lowest BCUT2D eigenvalue weighted by molar-refractivity contribution is -0.121. The molecule has 2 atom stereocenters. The molecule has 2 rings (SSSR count). The van der Waals surface area contributed by atoms with Gasteiger partial charge in [0.15, 0.2) is 0 Å². The van der Waals surface area contributed by atoms with E-state index in [1.54, 1.807) is 6.92 Å². The second-order valence-corrected chi connectivity index (χ2v) is 5.57. The summed E-state index contributed by atoms with van der Waals surface area (Å²) in [5, 5.41) is 0. The van der Waals surface area contributed by atoms with Crippen LogP contribution in [0, 0.1) is 5.92 Å². The van der Waals surface area contributed by atoms with E-state index in [-0.39, 0.29) is 0 Å². The molecule has 0 amide bonds. The Bertz CT molecular complexity index is 233. The van der Waals surface area contributed by atoms with Gasteiger partial charge >= 0.3 is 0 Å². The first-order chi connectivity index (χ1) is 8.77. The van der Waals surface area contributed by atoms with E-state index in [4.69, 9.17) is 0 Å². The van der Waals surface area contributed by atoms with Gasteiger partial charge in [0, 0.05) is 12.0 Å². The maximum atomic E-state index is 11.4. The van der Waals surface area contributed by atoms with E-state index >= 15 is 0 Å². The summed E-state index contributed by atoms with van der Waals surface area (Å²) in [5.74, 6) is 0.786. The molecule has 2 heteroatoms. The fourth-order valence-electron chi connectivity index (χ4n) is 3.34. The minimum absolute atomic E-state index is 0.370. The summed E-state index contributed by atoms with van der Waals surface area (Å²) in [4.78, 5) is 14.1. The largest absolute Gasteiger partial charge is 0.300 e. The van der Waals surface area contributed by atoms with Crippen LogP contribution >= 0.6 is 0 Å². The van der Waals surface area contributed by atoms with Crippen molar-refractivity contribution in [2.45, 2.75) is 78.2 Å². The number of carbonyl (C=O) groups excluding carboxylic acids is 1. The number of Topliss-reactive ketones (excluding diaryl/α,β-unsaturated/α-hetero) is 1. The average Bonchev–Trinajstić information content (AvgIpc) is 2.68. The molecule has 0 radical (unpaired) electrons. The average molecular weight is 253 g/mol. The Morgan fingerprint density at radius 2 is 1.56 bits per heavy atom. The molecule has 0 aromatic heterocycles. The predicted molar refractivity (Wildman–Crippen MR) is 77.8 cm³/mol. The van der Waals surface area contributed by atoms with Crippen LogP contribution in [0.25, 0.3) is 0 Å². The van der Waals surface area contributed by atoms with Gasteiger partial charge < -0.3 is 4.90 Å². The minimum Gasteiger partial charge on any atom is -0.300 e. The summed E-state index contributed by atoms with van der Waals surface area (Å²) in [6, 6.07) is 0.782. The lowest BCUT2D eigenvalue weighted by Gasteiger charge is -2.34. The third-order valence-corrected chi connectivity index (χ3v) is 4.42. The number of hydrogen-bond acceptors (Lipinski definition) is 2. The molecule has 2 aliphatic rings. The molecule has 1 heterocycles. The highest BCUT2D eigenvalue weighted by Crippen LogP contribution is 2.28. The Balaban J connectivity index is 0.000000771. The Labute approximate surface area is 113 Å². The van der Waals surface area contributed by atoms with Crippen molar-refractivity contribution in [1.29, 1.82) is 0 Å². The quantitative estimate of drug-likeness (QED) is 0.692. The lowest BCUT2D eigenvalue weighted by atomic mass is 9.96. The third kappa shape index (κ3) is 4.72. The molecule has 18 heavy (non-hydrogen) atoms. The molecule has 2 unspecified atom stereocenters. The van der Waals surface area contributed by atoms with Crippen molar-refractivity contribution in [3.63, 3.8) is 0 Å². The SMILES string of the molecule is CC.CC(=O)C1CCCC(N2CCCCC2)CC1. The molecular formula is C16H31NO. The van der Waals surface area contributed by atoms with Crippen LogP contribution in [-0.4, -0.2) is 29.8 Å². The first-order valence-electron chi connectivity index (χ1n) is 8.02. The monoisotopic (exact) mass is 253 g/mol. The number of hydrogen-bond donors (Lipinski definition) is 0. The van der Waals surface area contributed by atoms with Gasteiger partial charge in [0.2, 0.25) is 0 Å². The van der Waals surface area contributed by atoms with Crippen LogP contribution in [0.3, 0.4) is 0 Å². The Morgan fingerprint density at radius 3 is 2.17 bits per heavy atom. The number of carbonyl (C=O) groups is 1. The molecule has 0 spiro atoms. The molecule has 0 N–H and O–H groups in total. The topological polar surface area (TPSA) is 20.3 Å². The lowest BCUT2D eigenvalue weighted by Crippen LogP contribution is -2.38. The van der Waals surface area contributed by atoms with E-state index in [1.165, 1.54) is 51.6 Å². The number of piperidine rings is 1. The zero-order chi connectivity index (χ0) is 13.4. The van der Waals surface area contributed by atoms with E-state index in [9.17, 15) is 4.79 Å². The van der Waals surface area contributed by atoms with Gasteiger partial charge in [-0.15, -0.1) is 0 Å². The molecule has 1 saturated carbocycles. The standard InChI is InChI=1S/C14H25NO.C2H6/c1-12(16)13-6-5-7-14(9-8-13)15-10-3-2-4-11-15;1-2/h13-14H,2-11H2,1H3;1-2H3. The molecule has 106 valence electrons. The van der Waals surface area contributed by atoms with Crippen LogP contribution in [-0.2, 0) is 4.79 Å². The van der Waals surface area contributed by atoms with Crippen molar-refractivity contribution in [2.75, 3.05) is 13.1 Å². The van der Waals surface area contributed by atoms with Gasteiger partial charge in [0.25, 0.3) is 0 Å². The van der Waals surface area contributed by atoms with Crippen molar-refractivity contribution in [3.05, 3.63) is 0 Å². The molecule has 1 saturated heterocycles. The zero-order valence-electron chi connectivity index (χ0n) is 12.6. The van der Waals surface area contributed by atoms with E-state index < -0.39 is 0 Å². The second-order valence-electron chi connectivity index (χ2n) is 5.57. The van der Waals surface area contributed by atoms with Crippen LogP contribution in [0.5, 0.6) is 0 Å². The van der Waals surface area contributed by atoms with Gasteiger partial charge in [-0.3, -0.25) is 4.79 Å². The summed E-state index contributed by atoms with van der Waals surface area (Å²) in [7, 11) is 0. The Kier molecular flexibility index (Phi) is 7.57.